The van der Waals surface area contributed by atoms with E-state index in [1.165, 1.54) is 24.3 Å². The third-order valence-corrected chi connectivity index (χ3v) is 4.64. The SMILES string of the molecule is CCNC(CS(=O)(=O)c1ccccc1F)C(C)C. The van der Waals surface area contributed by atoms with Gasteiger partial charge in [-0.2, -0.15) is 0 Å². The number of sulfone groups is 1. The summed E-state index contributed by atoms with van der Waals surface area (Å²) >= 11 is 0. The van der Waals surface area contributed by atoms with Crippen molar-refractivity contribution in [2.75, 3.05) is 12.3 Å². The maximum atomic E-state index is 13.5. The van der Waals surface area contributed by atoms with Crippen LogP contribution in [0.5, 0.6) is 0 Å². The minimum Gasteiger partial charge on any atom is -0.313 e. The second-order valence-electron chi connectivity index (χ2n) is 4.62. The van der Waals surface area contributed by atoms with Crippen molar-refractivity contribution in [3.8, 4) is 0 Å². The normalized spacial score (nSPS) is 13.8. The van der Waals surface area contributed by atoms with Crippen LogP contribution in [0.25, 0.3) is 0 Å². The minimum absolute atomic E-state index is 0.0839. The summed E-state index contributed by atoms with van der Waals surface area (Å²) in [5, 5.41) is 3.13. The Morgan fingerprint density at radius 2 is 1.89 bits per heavy atom. The van der Waals surface area contributed by atoms with Crippen LogP contribution >= 0.6 is 0 Å². The zero-order valence-electron chi connectivity index (χ0n) is 11.0. The van der Waals surface area contributed by atoms with Crippen molar-refractivity contribution in [3.05, 3.63) is 30.1 Å². The summed E-state index contributed by atoms with van der Waals surface area (Å²) < 4.78 is 37.8. The van der Waals surface area contributed by atoms with Crippen molar-refractivity contribution in [2.45, 2.75) is 31.7 Å². The number of hydrogen-bond donors (Lipinski definition) is 1. The molecule has 1 aromatic carbocycles. The Labute approximate surface area is 108 Å². The molecule has 0 aliphatic heterocycles. The van der Waals surface area contributed by atoms with Gasteiger partial charge in [-0.1, -0.05) is 32.9 Å². The standard InChI is InChI=1S/C13H20FNO2S/c1-4-15-12(10(2)3)9-18(16,17)13-8-6-5-7-11(13)14/h5-8,10,12,15H,4,9H2,1-3H3. The van der Waals surface area contributed by atoms with E-state index in [1.54, 1.807) is 0 Å². The highest BCUT2D eigenvalue weighted by Crippen LogP contribution is 2.17. The molecule has 0 bridgehead atoms. The predicted molar refractivity (Wildman–Crippen MR) is 70.8 cm³/mol. The van der Waals surface area contributed by atoms with Crippen LogP contribution in [0.4, 0.5) is 4.39 Å². The fourth-order valence-corrected chi connectivity index (χ4v) is 3.58. The summed E-state index contributed by atoms with van der Waals surface area (Å²) in [6.45, 7) is 6.51. The van der Waals surface area contributed by atoms with Crippen molar-refractivity contribution in [1.82, 2.24) is 5.32 Å². The molecule has 1 atom stereocenters. The fraction of sp³-hybridized carbons (Fsp3) is 0.538. The first kappa shape index (κ1) is 15.1. The maximum absolute atomic E-state index is 13.5. The lowest BCUT2D eigenvalue weighted by Crippen LogP contribution is -2.39. The molecule has 0 spiro atoms. The van der Waals surface area contributed by atoms with Crippen molar-refractivity contribution in [2.24, 2.45) is 5.92 Å². The zero-order chi connectivity index (χ0) is 13.8. The smallest absolute Gasteiger partial charge is 0.182 e. The first-order valence-corrected chi connectivity index (χ1v) is 7.74. The molecule has 1 aromatic rings. The summed E-state index contributed by atoms with van der Waals surface area (Å²) in [6, 6.07) is 5.34. The number of nitrogens with one attached hydrogen (secondary N) is 1. The van der Waals surface area contributed by atoms with Crippen molar-refractivity contribution in [1.29, 1.82) is 0 Å². The quantitative estimate of drug-likeness (QED) is 0.864. The van der Waals surface area contributed by atoms with Gasteiger partial charge in [0, 0.05) is 6.04 Å². The molecule has 18 heavy (non-hydrogen) atoms. The third kappa shape index (κ3) is 3.78. The Bertz CT molecular complexity index is 486. The van der Waals surface area contributed by atoms with Gasteiger partial charge in [-0.25, -0.2) is 12.8 Å². The van der Waals surface area contributed by atoms with Gasteiger partial charge in [0.2, 0.25) is 0 Å². The Balaban J connectivity index is 2.97. The first-order chi connectivity index (χ1) is 8.38. The van der Waals surface area contributed by atoms with Gasteiger partial charge in [0.05, 0.1) is 5.75 Å². The van der Waals surface area contributed by atoms with Gasteiger partial charge in [-0.15, -0.1) is 0 Å². The van der Waals surface area contributed by atoms with Crippen molar-refractivity contribution >= 4 is 9.84 Å². The first-order valence-electron chi connectivity index (χ1n) is 6.09. The van der Waals surface area contributed by atoms with Gasteiger partial charge < -0.3 is 5.32 Å². The zero-order valence-corrected chi connectivity index (χ0v) is 11.8. The second-order valence-corrected chi connectivity index (χ2v) is 6.62. The lowest BCUT2D eigenvalue weighted by Gasteiger charge is -2.21. The van der Waals surface area contributed by atoms with Gasteiger partial charge in [0.25, 0.3) is 0 Å². The van der Waals surface area contributed by atoms with Crippen LogP contribution in [0, 0.1) is 11.7 Å². The molecule has 1 N–H and O–H groups in total. The Hall–Kier alpha value is -0.940. The summed E-state index contributed by atoms with van der Waals surface area (Å²) in [4.78, 5) is -0.214. The lowest BCUT2D eigenvalue weighted by atomic mass is 10.1. The topological polar surface area (TPSA) is 46.2 Å². The van der Waals surface area contributed by atoms with Crippen LogP contribution in [0.1, 0.15) is 20.8 Å². The molecular weight excluding hydrogens is 253 g/mol. The molecule has 0 heterocycles. The van der Waals surface area contributed by atoms with Crippen LogP contribution in [-0.2, 0) is 9.84 Å². The summed E-state index contributed by atoms with van der Waals surface area (Å²) in [7, 11) is -3.59. The molecule has 0 aliphatic rings. The number of rotatable bonds is 6. The van der Waals surface area contributed by atoms with Crippen LogP contribution in [0.2, 0.25) is 0 Å². The number of hydrogen-bond acceptors (Lipinski definition) is 3. The summed E-state index contributed by atoms with van der Waals surface area (Å²) in [6.07, 6.45) is 0. The van der Waals surface area contributed by atoms with E-state index in [9.17, 15) is 12.8 Å². The van der Waals surface area contributed by atoms with Gasteiger partial charge >= 0.3 is 0 Å². The molecule has 102 valence electrons. The maximum Gasteiger partial charge on any atom is 0.182 e. The molecule has 0 radical (unpaired) electrons. The van der Waals surface area contributed by atoms with Crippen LogP contribution in [0.3, 0.4) is 0 Å². The van der Waals surface area contributed by atoms with E-state index >= 15 is 0 Å². The fourth-order valence-electron chi connectivity index (χ4n) is 1.77. The van der Waals surface area contributed by atoms with E-state index in [0.717, 1.165) is 0 Å². The number of halogens is 1. The van der Waals surface area contributed by atoms with E-state index in [4.69, 9.17) is 0 Å². The molecule has 0 aliphatic carbocycles. The van der Waals surface area contributed by atoms with Crippen molar-refractivity contribution in [3.63, 3.8) is 0 Å². The molecule has 1 unspecified atom stereocenters. The average Bonchev–Trinajstić information content (AvgIpc) is 2.28. The average molecular weight is 273 g/mol. The molecule has 0 saturated carbocycles. The Morgan fingerprint density at radius 1 is 1.28 bits per heavy atom. The van der Waals surface area contributed by atoms with E-state index in [1.807, 2.05) is 20.8 Å². The molecule has 0 fully saturated rings. The largest absolute Gasteiger partial charge is 0.313 e. The second kappa shape index (κ2) is 6.29. The summed E-state index contributed by atoms with van der Waals surface area (Å²) in [5.41, 5.74) is 0. The Kier molecular flexibility index (Phi) is 5.28. The predicted octanol–water partition coefficient (Wildman–Crippen LogP) is 2.23. The highest BCUT2D eigenvalue weighted by Gasteiger charge is 2.25. The summed E-state index contributed by atoms with van der Waals surface area (Å²) in [5.74, 6) is -0.595. The number of benzene rings is 1. The third-order valence-electron chi connectivity index (χ3n) is 2.84. The van der Waals surface area contributed by atoms with E-state index < -0.39 is 15.7 Å². The molecule has 0 aromatic heterocycles. The lowest BCUT2D eigenvalue weighted by molar-refractivity contribution is 0.434. The van der Waals surface area contributed by atoms with Gasteiger partial charge in [-0.05, 0) is 24.6 Å². The molecule has 1 rings (SSSR count). The Morgan fingerprint density at radius 3 is 2.39 bits per heavy atom. The highest BCUT2D eigenvalue weighted by molar-refractivity contribution is 7.91. The monoisotopic (exact) mass is 273 g/mol. The molecular formula is C13H20FNO2S. The van der Waals surface area contributed by atoms with E-state index in [0.29, 0.717) is 6.54 Å². The van der Waals surface area contributed by atoms with Crippen LogP contribution < -0.4 is 5.32 Å². The van der Waals surface area contributed by atoms with Crippen LogP contribution in [-0.4, -0.2) is 26.8 Å². The molecule has 3 nitrogen and oxygen atoms in total. The van der Waals surface area contributed by atoms with Crippen molar-refractivity contribution < 1.29 is 12.8 Å². The highest BCUT2D eigenvalue weighted by atomic mass is 32.2. The van der Waals surface area contributed by atoms with E-state index in [-0.39, 0.29) is 22.6 Å². The molecule has 5 heteroatoms. The molecule has 0 saturated heterocycles. The van der Waals surface area contributed by atoms with Gasteiger partial charge in [-0.3, -0.25) is 0 Å². The van der Waals surface area contributed by atoms with E-state index in [2.05, 4.69) is 5.32 Å². The van der Waals surface area contributed by atoms with Crippen LogP contribution in [0.15, 0.2) is 29.2 Å². The van der Waals surface area contributed by atoms with Gasteiger partial charge in [0.15, 0.2) is 9.84 Å². The molecule has 0 amide bonds. The van der Waals surface area contributed by atoms with Gasteiger partial charge in [0.1, 0.15) is 10.7 Å². The minimum atomic E-state index is -3.59.